The van der Waals surface area contributed by atoms with Crippen LogP contribution in [0.15, 0.2) is 78.9 Å². The molecule has 2 saturated heterocycles. The van der Waals surface area contributed by atoms with E-state index in [1.807, 2.05) is 32.0 Å². The van der Waals surface area contributed by atoms with Gasteiger partial charge in [-0.25, -0.2) is 4.79 Å². The highest BCUT2D eigenvalue weighted by atomic mass is 32.2. The van der Waals surface area contributed by atoms with Crippen LogP contribution in [-0.4, -0.2) is 81.9 Å². The average molecular weight is 854 g/mol. The summed E-state index contributed by atoms with van der Waals surface area (Å²) in [5.74, 6) is -1.10. The van der Waals surface area contributed by atoms with Crippen LogP contribution in [0.4, 0.5) is 4.79 Å². The normalized spacial score (nSPS) is 18.2. The molecular weight excluding hydrogens is 795 g/mol. The minimum Gasteiger partial charge on any atom is -0.481 e. The van der Waals surface area contributed by atoms with Crippen LogP contribution in [-0.2, 0) is 39.1 Å². The van der Waals surface area contributed by atoms with Crippen molar-refractivity contribution in [3.8, 4) is 0 Å². The van der Waals surface area contributed by atoms with E-state index in [0.29, 0.717) is 44.5 Å². The number of unbranched alkanes of at least 4 members (excludes halogenated alkanes) is 1. The van der Waals surface area contributed by atoms with Gasteiger partial charge in [-0.1, -0.05) is 96.4 Å². The van der Waals surface area contributed by atoms with Gasteiger partial charge in [0.2, 0.25) is 5.91 Å². The topological polar surface area (TPSA) is 185 Å². The number of amides is 3. The highest BCUT2D eigenvalue weighted by Crippen LogP contribution is 2.44. The fraction of sp³-hybridized carbons (Fsp3) is 0.479. The lowest BCUT2D eigenvalue weighted by atomic mass is 9.79. The van der Waals surface area contributed by atoms with E-state index in [1.54, 1.807) is 0 Å². The molecule has 2 heterocycles. The smallest absolute Gasteiger partial charge is 0.315 e. The molecule has 0 aromatic heterocycles. The monoisotopic (exact) mass is 853 g/mol. The molecule has 0 spiro atoms. The Hall–Kier alpha value is -5.14. The number of nitrogens with one attached hydrogen (secondary N) is 3. The molecule has 2 aliphatic rings. The van der Waals surface area contributed by atoms with E-state index >= 15 is 0 Å². The van der Waals surface area contributed by atoms with Gasteiger partial charge in [0.1, 0.15) is 33.5 Å². The lowest BCUT2D eigenvalue weighted by Crippen LogP contribution is -2.56. The number of aliphatic carboxylic acids is 1. The lowest BCUT2D eigenvalue weighted by molar-refractivity contribution is -0.137. The number of urea groups is 1. The number of ether oxygens (including phenoxy) is 1. The summed E-state index contributed by atoms with van der Waals surface area (Å²) < 4.78 is 5.89. The van der Waals surface area contributed by atoms with Crippen molar-refractivity contribution in [2.45, 2.75) is 126 Å². The van der Waals surface area contributed by atoms with Crippen LogP contribution in [0.2, 0.25) is 0 Å². The summed E-state index contributed by atoms with van der Waals surface area (Å²) in [6.45, 7) is 4.65. The molecule has 0 unspecified atom stereocenters. The summed E-state index contributed by atoms with van der Waals surface area (Å²) in [6.07, 6.45) is 2.91. The molecule has 61 heavy (non-hydrogen) atoms. The first-order chi connectivity index (χ1) is 29.3. The molecule has 326 valence electrons. The van der Waals surface area contributed by atoms with Crippen molar-refractivity contribution >= 4 is 52.8 Å². The van der Waals surface area contributed by atoms with Crippen LogP contribution in [0.25, 0.3) is 0 Å². The van der Waals surface area contributed by atoms with Gasteiger partial charge in [0, 0.05) is 76.7 Å². The summed E-state index contributed by atoms with van der Waals surface area (Å²) in [4.78, 5) is 87.0. The minimum atomic E-state index is -0.931. The zero-order valence-electron chi connectivity index (χ0n) is 35.3. The van der Waals surface area contributed by atoms with E-state index in [-0.39, 0.29) is 105 Å². The average Bonchev–Trinajstić information content (AvgIpc) is 3.80. The van der Waals surface area contributed by atoms with Crippen molar-refractivity contribution in [3.63, 3.8) is 0 Å². The van der Waals surface area contributed by atoms with Crippen LogP contribution in [0.1, 0.15) is 118 Å². The van der Waals surface area contributed by atoms with Gasteiger partial charge in [-0.05, 0) is 56.2 Å². The van der Waals surface area contributed by atoms with Gasteiger partial charge in [-0.2, -0.15) is 0 Å². The molecule has 0 radical (unpaired) electrons. The first-order valence-corrected chi connectivity index (χ1v) is 22.4. The third-order valence-corrected chi connectivity index (χ3v) is 13.3. The van der Waals surface area contributed by atoms with Crippen LogP contribution in [0.3, 0.4) is 0 Å². The van der Waals surface area contributed by atoms with Gasteiger partial charge >= 0.3 is 12.0 Å². The van der Waals surface area contributed by atoms with Gasteiger partial charge in [0.25, 0.3) is 0 Å². The van der Waals surface area contributed by atoms with Crippen molar-refractivity contribution in [1.82, 2.24) is 16.0 Å². The van der Waals surface area contributed by atoms with Gasteiger partial charge in [0.15, 0.2) is 0 Å². The molecule has 3 aromatic carbocycles. The third kappa shape index (κ3) is 12.9. The molecule has 13 heteroatoms. The molecule has 0 aliphatic carbocycles. The van der Waals surface area contributed by atoms with E-state index in [2.05, 4.69) is 76.6 Å². The van der Waals surface area contributed by atoms with E-state index in [4.69, 9.17) is 9.84 Å². The van der Waals surface area contributed by atoms with Crippen molar-refractivity contribution in [2.75, 3.05) is 18.9 Å². The Kier molecular flexibility index (Phi) is 17.4. The number of ketones is 4. The zero-order valence-corrected chi connectivity index (χ0v) is 36.1. The number of carbonyl (C=O) groups is 7. The quantitative estimate of drug-likeness (QED) is 0.0351. The summed E-state index contributed by atoms with van der Waals surface area (Å²) in [5.41, 5.74) is 4.34. The number of thioether (sulfide) groups is 1. The van der Waals surface area contributed by atoms with Crippen LogP contribution in [0.5, 0.6) is 0 Å². The molecule has 12 nitrogen and oxygen atoms in total. The number of fused-ring (bicyclic) bond motifs is 1. The molecule has 0 bridgehead atoms. The second-order valence-corrected chi connectivity index (χ2v) is 17.6. The zero-order chi connectivity index (χ0) is 43.8. The summed E-state index contributed by atoms with van der Waals surface area (Å²) in [7, 11) is 0. The maximum absolute atomic E-state index is 13.4. The highest BCUT2D eigenvalue weighted by molar-refractivity contribution is 8.01. The summed E-state index contributed by atoms with van der Waals surface area (Å²) >= 11 is 1.45. The van der Waals surface area contributed by atoms with Crippen molar-refractivity contribution in [3.05, 3.63) is 107 Å². The first kappa shape index (κ1) is 46.9. The number of carboxylic acid groups (broad SMARTS) is 1. The Morgan fingerprint density at radius 3 is 1.72 bits per heavy atom. The van der Waals surface area contributed by atoms with Crippen molar-refractivity contribution < 1.29 is 43.4 Å². The Balaban J connectivity index is 0.986. The summed E-state index contributed by atoms with van der Waals surface area (Å²) in [6, 6.07) is 25.7. The first-order valence-electron chi connectivity index (χ1n) is 21.4. The molecule has 4 N–H and O–H groups in total. The molecule has 5 rings (SSSR count). The Morgan fingerprint density at radius 2 is 1.18 bits per heavy atom. The van der Waals surface area contributed by atoms with Crippen molar-refractivity contribution in [1.29, 1.82) is 0 Å². The molecule has 0 saturated carbocycles. The molecule has 3 amide bonds. The fourth-order valence-electron chi connectivity index (χ4n) is 8.12. The standard InChI is InChI=1S/C48H59N3O9S/c1-33-15-19-36(20-16-33)48(35-10-4-3-5-11-35,37-21-17-34(2)18-22-37)60-31-9-13-39(53)24-26-41(55)28-27-40(54)25-23-38(52)12-8-30-49-45(58)47(29-7-6-14-43(56)57)44-42(32-61-47)50-46(59)51-44/h3-5,10-11,15-22,42,44H,6-9,12-14,23-32H2,1-2H3,(H,49,58)(H,56,57)(H2,50,51,59)/t42-,44-,47-/m0/s1. The largest absolute Gasteiger partial charge is 0.481 e. The molecule has 3 atom stereocenters. The number of hydrogen-bond donors (Lipinski definition) is 4. The Bertz CT molecular complexity index is 1960. The number of carbonyl (C=O) groups excluding carboxylic acids is 6. The van der Waals surface area contributed by atoms with E-state index in [1.165, 1.54) is 11.8 Å². The van der Waals surface area contributed by atoms with E-state index in [0.717, 1.165) is 27.8 Å². The summed E-state index contributed by atoms with van der Waals surface area (Å²) in [5, 5.41) is 17.6. The molecule has 2 fully saturated rings. The maximum atomic E-state index is 13.4. The number of Topliss-reactive ketones (excluding diaryl/α,β-unsaturated/α-hetero) is 4. The fourth-order valence-corrected chi connectivity index (χ4v) is 9.77. The Morgan fingerprint density at radius 1 is 0.672 bits per heavy atom. The molecular formula is C48H59N3O9S. The van der Waals surface area contributed by atoms with Gasteiger partial charge in [0.05, 0.1) is 12.1 Å². The van der Waals surface area contributed by atoms with E-state index < -0.39 is 22.4 Å². The third-order valence-electron chi connectivity index (χ3n) is 11.6. The van der Waals surface area contributed by atoms with Gasteiger partial charge in [-0.15, -0.1) is 11.8 Å². The number of rotatable bonds is 27. The van der Waals surface area contributed by atoms with Crippen molar-refractivity contribution in [2.24, 2.45) is 0 Å². The highest BCUT2D eigenvalue weighted by Gasteiger charge is 2.57. The van der Waals surface area contributed by atoms with Gasteiger partial charge in [-0.3, -0.25) is 28.8 Å². The number of hydrogen-bond acceptors (Lipinski definition) is 9. The van der Waals surface area contributed by atoms with E-state index in [9.17, 15) is 33.6 Å². The van der Waals surface area contributed by atoms with Gasteiger partial charge < -0.3 is 25.8 Å². The molecule has 3 aromatic rings. The number of benzene rings is 3. The lowest BCUT2D eigenvalue weighted by Gasteiger charge is -2.36. The second kappa shape index (κ2) is 22.6. The minimum absolute atomic E-state index is 0.00301. The number of carboxylic acids is 1. The molecule has 2 aliphatic heterocycles. The second-order valence-electron chi connectivity index (χ2n) is 16.2. The maximum Gasteiger partial charge on any atom is 0.315 e. The predicted molar refractivity (Wildman–Crippen MR) is 234 cm³/mol. The number of aryl methyl sites for hydroxylation is 2. The SMILES string of the molecule is Cc1ccc(C(OCCCC(=O)CCC(=O)CCC(=O)CCC(=O)CCCNC(=O)[C@@]2(CCCCC(=O)O)SC[C@@H]3NC(=O)N[C@@H]32)(c2ccccc2)c2ccc(C)cc2)cc1. The van der Waals surface area contributed by atoms with Crippen LogP contribution in [0, 0.1) is 13.8 Å². The Labute approximate surface area is 362 Å². The van der Waals surface area contributed by atoms with Crippen LogP contribution >= 0.6 is 11.8 Å². The predicted octanol–water partition coefficient (Wildman–Crippen LogP) is 7.09. The van der Waals surface area contributed by atoms with Crippen LogP contribution < -0.4 is 16.0 Å².